The second-order valence-electron chi connectivity index (χ2n) is 6.94. The van der Waals surface area contributed by atoms with Crippen molar-refractivity contribution in [3.8, 4) is 5.75 Å². The first-order chi connectivity index (χ1) is 13.8. The predicted molar refractivity (Wildman–Crippen MR) is 108 cm³/mol. The Balaban J connectivity index is 1.41. The average molecular weight is 376 g/mol. The fraction of sp³-hybridized carbons (Fsp3) is 0.333. The molecule has 0 saturated carbocycles. The van der Waals surface area contributed by atoms with Gasteiger partial charge < -0.3 is 10.1 Å². The molecule has 7 nitrogen and oxygen atoms in total. The maximum absolute atomic E-state index is 5.25. The summed E-state index contributed by atoms with van der Waals surface area (Å²) in [7, 11) is 1.69. The van der Waals surface area contributed by atoms with Gasteiger partial charge in [-0.3, -0.25) is 9.88 Å². The molecule has 144 valence electrons. The lowest BCUT2D eigenvalue weighted by Gasteiger charge is -2.32. The largest absolute Gasteiger partial charge is 0.497 e. The molecule has 2 aromatic heterocycles. The highest BCUT2D eigenvalue weighted by Crippen LogP contribution is 2.27. The molecule has 0 spiro atoms. The van der Waals surface area contributed by atoms with E-state index >= 15 is 0 Å². The van der Waals surface area contributed by atoms with Crippen molar-refractivity contribution >= 4 is 11.8 Å². The maximum atomic E-state index is 5.25. The Hall–Kier alpha value is -3.06. The lowest BCUT2D eigenvalue weighted by Crippen LogP contribution is -2.34. The van der Waals surface area contributed by atoms with E-state index in [0.29, 0.717) is 17.7 Å². The van der Waals surface area contributed by atoms with Crippen LogP contribution in [0.3, 0.4) is 0 Å². The molecule has 1 aromatic carbocycles. The van der Waals surface area contributed by atoms with Gasteiger partial charge in [0.05, 0.1) is 19.0 Å². The molecule has 1 fully saturated rings. The van der Waals surface area contributed by atoms with E-state index in [0.717, 1.165) is 43.9 Å². The van der Waals surface area contributed by atoms with E-state index in [2.05, 4.69) is 37.3 Å². The summed E-state index contributed by atoms with van der Waals surface area (Å²) in [5, 5.41) is 3.12. The van der Waals surface area contributed by atoms with E-state index < -0.39 is 0 Å². The van der Waals surface area contributed by atoms with Crippen LogP contribution in [0.2, 0.25) is 0 Å². The van der Waals surface area contributed by atoms with Crippen LogP contribution in [-0.2, 0) is 6.54 Å². The normalized spacial score (nSPS) is 17.2. The number of nitrogens with one attached hydrogen (secondary N) is 1. The smallest absolute Gasteiger partial charge is 0.228 e. The molecule has 28 heavy (non-hydrogen) atoms. The molecule has 0 amide bonds. The number of aromatic nitrogens is 4. The van der Waals surface area contributed by atoms with Crippen molar-refractivity contribution in [1.82, 2.24) is 24.8 Å². The molecule has 1 aliphatic heterocycles. The summed E-state index contributed by atoms with van der Waals surface area (Å²) in [6.45, 7) is 3.04. The molecule has 3 aromatic rings. The summed E-state index contributed by atoms with van der Waals surface area (Å²) < 4.78 is 5.25. The van der Waals surface area contributed by atoms with Crippen LogP contribution in [0, 0.1) is 0 Å². The summed E-state index contributed by atoms with van der Waals surface area (Å²) in [6.07, 6.45) is 9.06. The number of anilines is 2. The van der Waals surface area contributed by atoms with Gasteiger partial charge in [-0.1, -0.05) is 12.1 Å². The van der Waals surface area contributed by atoms with E-state index in [1.165, 1.54) is 5.56 Å². The molecule has 7 heteroatoms. The zero-order valence-corrected chi connectivity index (χ0v) is 16.0. The molecule has 0 unspecified atom stereocenters. The fourth-order valence-corrected chi connectivity index (χ4v) is 3.57. The third-order valence-corrected chi connectivity index (χ3v) is 4.97. The molecular weight excluding hydrogens is 352 g/mol. The van der Waals surface area contributed by atoms with Crippen molar-refractivity contribution in [2.75, 3.05) is 25.5 Å². The molecule has 4 rings (SSSR count). The minimum Gasteiger partial charge on any atom is -0.497 e. The van der Waals surface area contributed by atoms with Crippen molar-refractivity contribution in [2.24, 2.45) is 0 Å². The molecule has 1 N–H and O–H groups in total. The Labute approximate surface area is 164 Å². The summed E-state index contributed by atoms with van der Waals surface area (Å²) in [6, 6.07) is 10.3. The second kappa shape index (κ2) is 8.75. The first-order valence-corrected chi connectivity index (χ1v) is 9.51. The SMILES string of the molecule is COc1ccc(CN2CCC[C@H](c3ccnc(Nc4cnccn4)n3)C2)cc1. The van der Waals surface area contributed by atoms with Crippen LogP contribution in [0.15, 0.2) is 55.1 Å². The van der Waals surface area contributed by atoms with Gasteiger partial charge in [-0.15, -0.1) is 0 Å². The van der Waals surface area contributed by atoms with Crippen molar-refractivity contribution < 1.29 is 4.74 Å². The topological polar surface area (TPSA) is 76.1 Å². The summed E-state index contributed by atoms with van der Waals surface area (Å²) in [5.74, 6) is 2.50. The van der Waals surface area contributed by atoms with Gasteiger partial charge in [-0.2, -0.15) is 0 Å². The monoisotopic (exact) mass is 376 g/mol. The number of methoxy groups -OCH3 is 1. The van der Waals surface area contributed by atoms with Crippen LogP contribution in [0.1, 0.15) is 30.0 Å². The number of piperidine rings is 1. The van der Waals surface area contributed by atoms with Gasteiger partial charge in [0.2, 0.25) is 5.95 Å². The minimum atomic E-state index is 0.400. The van der Waals surface area contributed by atoms with Crippen LogP contribution < -0.4 is 10.1 Å². The highest BCUT2D eigenvalue weighted by Gasteiger charge is 2.23. The molecule has 1 saturated heterocycles. The van der Waals surface area contributed by atoms with E-state index in [1.54, 1.807) is 25.7 Å². The van der Waals surface area contributed by atoms with E-state index in [-0.39, 0.29) is 0 Å². The highest BCUT2D eigenvalue weighted by atomic mass is 16.5. The van der Waals surface area contributed by atoms with Crippen molar-refractivity contribution in [1.29, 1.82) is 0 Å². The molecule has 3 heterocycles. The number of ether oxygens (including phenoxy) is 1. The van der Waals surface area contributed by atoms with Crippen molar-refractivity contribution in [3.63, 3.8) is 0 Å². The highest BCUT2D eigenvalue weighted by molar-refractivity contribution is 5.45. The van der Waals surface area contributed by atoms with Gasteiger partial charge in [0.15, 0.2) is 5.82 Å². The van der Waals surface area contributed by atoms with Crippen molar-refractivity contribution in [3.05, 3.63) is 66.4 Å². The predicted octanol–water partition coefficient (Wildman–Crippen LogP) is 3.40. The first kappa shape index (κ1) is 18.3. The Kier molecular flexibility index (Phi) is 5.72. The fourth-order valence-electron chi connectivity index (χ4n) is 3.57. The van der Waals surface area contributed by atoms with E-state index in [4.69, 9.17) is 9.72 Å². The second-order valence-corrected chi connectivity index (χ2v) is 6.94. The third-order valence-electron chi connectivity index (χ3n) is 4.97. The van der Waals surface area contributed by atoms with Crippen LogP contribution in [-0.4, -0.2) is 45.0 Å². The van der Waals surface area contributed by atoms with Gasteiger partial charge in [-0.25, -0.2) is 15.0 Å². The van der Waals surface area contributed by atoms with Gasteiger partial charge >= 0.3 is 0 Å². The molecule has 0 bridgehead atoms. The number of nitrogens with zero attached hydrogens (tertiary/aromatic N) is 5. The van der Waals surface area contributed by atoms with Crippen LogP contribution >= 0.6 is 0 Å². The Morgan fingerprint density at radius 1 is 1.11 bits per heavy atom. The lowest BCUT2D eigenvalue weighted by molar-refractivity contribution is 0.198. The molecule has 1 atom stereocenters. The zero-order chi connectivity index (χ0) is 19.2. The van der Waals surface area contributed by atoms with Crippen LogP contribution in [0.25, 0.3) is 0 Å². The maximum Gasteiger partial charge on any atom is 0.228 e. The standard InChI is InChI=1S/C21H24N6O/c1-28-18-6-4-16(5-7-18)14-27-12-2-3-17(15-27)19-8-9-24-21(25-19)26-20-13-22-10-11-23-20/h4-11,13,17H,2-3,12,14-15H2,1H3,(H,23,24,25,26)/t17-/m0/s1. The molecule has 0 aliphatic carbocycles. The summed E-state index contributed by atoms with van der Waals surface area (Å²) in [4.78, 5) is 19.8. The van der Waals surface area contributed by atoms with Gasteiger partial charge in [0, 0.05) is 37.6 Å². The first-order valence-electron chi connectivity index (χ1n) is 9.51. The Morgan fingerprint density at radius 2 is 2.00 bits per heavy atom. The van der Waals surface area contributed by atoms with Gasteiger partial charge in [0.25, 0.3) is 0 Å². The van der Waals surface area contributed by atoms with E-state index in [9.17, 15) is 0 Å². The number of hydrogen-bond donors (Lipinski definition) is 1. The lowest BCUT2D eigenvalue weighted by atomic mass is 9.94. The third kappa shape index (κ3) is 4.61. The average Bonchev–Trinajstić information content (AvgIpc) is 2.75. The van der Waals surface area contributed by atoms with E-state index in [1.807, 2.05) is 24.4 Å². The van der Waals surface area contributed by atoms with Crippen LogP contribution in [0.5, 0.6) is 5.75 Å². The number of rotatable bonds is 6. The summed E-state index contributed by atoms with van der Waals surface area (Å²) in [5.41, 5.74) is 2.37. The molecular formula is C21H24N6O. The number of likely N-dealkylation sites (tertiary alicyclic amines) is 1. The summed E-state index contributed by atoms with van der Waals surface area (Å²) >= 11 is 0. The van der Waals surface area contributed by atoms with Crippen LogP contribution in [0.4, 0.5) is 11.8 Å². The molecule has 1 aliphatic rings. The number of benzene rings is 1. The Morgan fingerprint density at radius 3 is 2.79 bits per heavy atom. The zero-order valence-electron chi connectivity index (χ0n) is 16.0. The molecule has 0 radical (unpaired) electrons. The van der Waals surface area contributed by atoms with Gasteiger partial charge in [0.1, 0.15) is 5.75 Å². The Bertz CT molecular complexity index is 887. The number of hydrogen-bond acceptors (Lipinski definition) is 7. The van der Waals surface area contributed by atoms with Crippen molar-refractivity contribution in [2.45, 2.75) is 25.3 Å². The quantitative estimate of drug-likeness (QED) is 0.706. The van der Waals surface area contributed by atoms with Gasteiger partial charge in [-0.05, 0) is 43.1 Å². The minimum absolute atomic E-state index is 0.400.